The Morgan fingerprint density at radius 2 is 1.25 bits per heavy atom. The van der Waals surface area contributed by atoms with Crippen molar-refractivity contribution in [2.24, 2.45) is 0 Å². The normalized spacial score (nSPS) is 4.75. The predicted octanol–water partition coefficient (Wildman–Crippen LogP) is -0.638. The van der Waals surface area contributed by atoms with Gasteiger partial charge in [-0.25, -0.2) is 0 Å². The summed E-state index contributed by atoms with van der Waals surface area (Å²) in [4.78, 5) is 17.6. The molecule has 0 bridgehead atoms. The van der Waals surface area contributed by atoms with Gasteiger partial charge in [0.2, 0.25) is 0 Å². The first kappa shape index (κ1) is 15.7. The molecule has 42 valence electrons. The molecule has 8 heavy (non-hydrogen) atoms. The van der Waals surface area contributed by atoms with Crippen molar-refractivity contribution in [3.05, 3.63) is 0 Å². The molecule has 6 heteroatoms. The average Bonchev–Trinajstić information content (AvgIpc) is 1.69. The van der Waals surface area contributed by atoms with Crippen molar-refractivity contribution in [2.75, 3.05) is 0 Å². The van der Waals surface area contributed by atoms with Gasteiger partial charge in [-0.1, -0.05) is 0 Å². The van der Waals surface area contributed by atoms with E-state index in [1.54, 1.807) is 0 Å². The third kappa shape index (κ3) is 112. The molecule has 0 aliphatic rings. The van der Waals surface area contributed by atoms with Crippen molar-refractivity contribution in [1.82, 2.24) is 0 Å². The summed E-state index contributed by atoms with van der Waals surface area (Å²) in [5.41, 5.74) is 0. The Labute approximate surface area is 63.4 Å². The molecule has 0 aliphatic heterocycles. The third-order valence-electron chi connectivity index (χ3n) is 0.0556. The van der Waals surface area contributed by atoms with E-state index in [0.29, 0.717) is 0 Å². The fraction of sp³-hybridized carbons (Fsp3) is 0. The van der Waals surface area contributed by atoms with Crippen LogP contribution in [0.3, 0.4) is 0 Å². The van der Waals surface area contributed by atoms with Gasteiger partial charge in [-0.05, 0) is 0 Å². The quantitative estimate of drug-likeness (QED) is 0.236. The molecule has 0 spiro atoms. The first-order chi connectivity index (χ1) is 3.33. The van der Waals surface area contributed by atoms with E-state index < -0.39 is 12.3 Å². The minimum absolute atomic E-state index is 0. The van der Waals surface area contributed by atoms with E-state index in [1.807, 2.05) is 0 Å². The van der Waals surface area contributed by atoms with Gasteiger partial charge in [0.1, 0.15) is 0 Å². The second-order valence-electron chi connectivity index (χ2n) is 0.340. The molecule has 0 atom stereocenters. The van der Waals surface area contributed by atoms with Crippen molar-refractivity contribution in [3.8, 4) is 0 Å². The number of rotatable bonds is 1. The van der Waals surface area contributed by atoms with E-state index in [-0.39, 0.29) is 32.1 Å². The van der Waals surface area contributed by atoms with Crippen molar-refractivity contribution in [3.63, 3.8) is 0 Å². The summed E-state index contributed by atoms with van der Waals surface area (Å²) in [5, 5.41) is 0. The summed E-state index contributed by atoms with van der Waals surface area (Å²) >= 11 is -0.750. The van der Waals surface area contributed by atoms with Gasteiger partial charge in [-0.15, -0.1) is 0 Å². The molecule has 0 N–H and O–H groups in total. The van der Waals surface area contributed by atoms with Gasteiger partial charge in [0.15, 0.2) is 12.6 Å². The van der Waals surface area contributed by atoms with Crippen molar-refractivity contribution < 1.29 is 38.2 Å². The fourth-order valence-electron chi connectivity index (χ4n) is 0. The van der Waals surface area contributed by atoms with Gasteiger partial charge in [0.25, 0.3) is 0 Å². The molecule has 0 unspecified atom stereocenters. The van der Waals surface area contributed by atoms with E-state index in [0.717, 1.165) is 0 Å². The first-order valence-corrected chi connectivity index (χ1v) is 1.80. The molecule has 0 saturated heterocycles. The van der Waals surface area contributed by atoms with Crippen LogP contribution in [0.4, 0.5) is 0 Å². The number of hydrogen-bond acceptors (Lipinski definition) is 5. The van der Waals surface area contributed by atoms with Crippen LogP contribution < -0.4 is 0 Å². The molecule has 0 aromatic heterocycles. The van der Waals surface area contributed by atoms with E-state index in [1.165, 1.54) is 0 Å². The van der Waals surface area contributed by atoms with Crippen LogP contribution in [0.15, 0.2) is 0 Å². The van der Waals surface area contributed by atoms with Crippen LogP contribution in [0.5, 0.6) is 0 Å². The van der Waals surface area contributed by atoms with Gasteiger partial charge < -0.3 is 21.4 Å². The maximum atomic E-state index is 8.81. The zero-order valence-electron chi connectivity index (χ0n) is 3.90. The Kier molecular flexibility index (Phi) is 52.9. The minimum atomic E-state index is -0.750. The molecule has 0 heterocycles. The van der Waals surface area contributed by atoms with Crippen molar-refractivity contribution in [2.45, 2.75) is 0 Å². The van der Waals surface area contributed by atoms with E-state index >= 15 is 0 Å². The van der Waals surface area contributed by atoms with Crippen LogP contribution in [0, 0.1) is 0 Å². The molecular formula is C2H2O4SZn. The molecule has 4 nitrogen and oxygen atoms in total. The van der Waals surface area contributed by atoms with E-state index in [2.05, 4.69) is 0 Å². The van der Waals surface area contributed by atoms with Crippen LogP contribution in [-0.4, -0.2) is 21.7 Å². The number of aldehydes is 2. The molecule has 0 radical (unpaired) electrons. The Morgan fingerprint density at radius 3 is 1.25 bits per heavy atom. The maximum absolute atomic E-state index is 8.81. The maximum Gasteiger partial charge on any atom is 2.00 e. The Balaban J connectivity index is -0.0000000575. The van der Waals surface area contributed by atoms with Crippen LogP contribution in [0.25, 0.3) is 0 Å². The molecule has 0 aliphatic carbocycles. The van der Waals surface area contributed by atoms with Crippen LogP contribution >= 0.6 is 12.3 Å². The standard InChI is InChI=1S/C2H2O2.H2O2S.Zn/c3-1-2-4;1-3-2;/h1-2H;1-2H;/q;;+2/p-2. The number of carbonyl (C=O) groups is 2. The molecule has 0 saturated carbocycles. The second-order valence-corrected chi connectivity index (χ2v) is 0.476. The Bertz CT molecular complexity index is 43.3. The zero-order chi connectivity index (χ0) is 6.12. The van der Waals surface area contributed by atoms with Gasteiger partial charge >= 0.3 is 19.5 Å². The molecule has 0 rings (SSSR count). The number of hydrogen-bond donors (Lipinski definition) is 0. The molecule has 0 aromatic carbocycles. The fourth-order valence-corrected chi connectivity index (χ4v) is 0. The van der Waals surface area contributed by atoms with Crippen molar-refractivity contribution in [1.29, 1.82) is 0 Å². The minimum Gasteiger partial charge on any atom is -0.811 e. The van der Waals surface area contributed by atoms with Crippen LogP contribution in [0.2, 0.25) is 0 Å². The molecule has 0 amide bonds. The molecule has 0 aromatic rings. The van der Waals surface area contributed by atoms with Gasteiger partial charge in [-0.3, -0.25) is 9.59 Å². The third-order valence-corrected chi connectivity index (χ3v) is 0.0556. The summed E-state index contributed by atoms with van der Waals surface area (Å²) in [6.07, 6.45) is 0.389. The summed E-state index contributed by atoms with van der Waals surface area (Å²) < 4.78 is 16.6. The number of carbonyl (C=O) groups excluding carboxylic acids is 2. The van der Waals surface area contributed by atoms with E-state index in [9.17, 15) is 0 Å². The van der Waals surface area contributed by atoms with Crippen molar-refractivity contribution >= 4 is 24.9 Å². The summed E-state index contributed by atoms with van der Waals surface area (Å²) in [6, 6.07) is 0. The average molecular weight is 187 g/mol. The summed E-state index contributed by atoms with van der Waals surface area (Å²) in [7, 11) is 0. The summed E-state index contributed by atoms with van der Waals surface area (Å²) in [6.45, 7) is 0. The topological polar surface area (TPSA) is 80.3 Å². The smallest absolute Gasteiger partial charge is 0.811 e. The molecule has 0 fully saturated rings. The van der Waals surface area contributed by atoms with Gasteiger partial charge in [0.05, 0.1) is 0 Å². The first-order valence-electron chi connectivity index (χ1n) is 1.14. The van der Waals surface area contributed by atoms with Gasteiger partial charge in [0, 0.05) is 0 Å². The molecular weight excluding hydrogens is 185 g/mol. The zero-order valence-corrected chi connectivity index (χ0v) is 7.69. The Morgan fingerprint density at radius 1 is 1.12 bits per heavy atom. The van der Waals surface area contributed by atoms with Crippen LogP contribution in [-0.2, 0) is 29.1 Å². The monoisotopic (exact) mass is 186 g/mol. The van der Waals surface area contributed by atoms with Crippen LogP contribution in [0.1, 0.15) is 0 Å². The second kappa shape index (κ2) is 26.9. The van der Waals surface area contributed by atoms with E-state index in [4.69, 9.17) is 18.7 Å². The summed E-state index contributed by atoms with van der Waals surface area (Å²) in [5.74, 6) is 0. The largest absolute Gasteiger partial charge is 2.00 e. The predicted molar refractivity (Wildman–Crippen MR) is 21.3 cm³/mol. The van der Waals surface area contributed by atoms with Gasteiger partial charge in [-0.2, -0.15) is 0 Å². The Hall–Kier alpha value is 0.233. The SMILES string of the molecule is O=CC=O.[O-]S[O-].[Zn+2].